The smallest absolute Gasteiger partial charge is 0.134 e. The first-order valence-electron chi connectivity index (χ1n) is 7.07. The summed E-state index contributed by atoms with van der Waals surface area (Å²) in [6.07, 6.45) is 6.22. The van der Waals surface area contributed by atoms with E-state index in [9.17, 15) is 0 Å². The van der Waals surface area contributed by atoms with Gasteiger partial charge in [-0.25, -0.2) is 0 Å². The number of rotatable bonds is 3. The third-order valence-electron chi connectivity index (χ3n) is 3.92. The number of benzene rings is 1. The highest BCUT2D eigenvalue weighted by atomic mass is 79.9. The lowest BCUT2D eigenvalue weighted by atomic mass is 9.99. The van der Waals surface area contributed by atoms with Gasteiger partial charge in [-0.05, 0) is 60.6 Å². The maximum atomic E-state index is 6.04. The minimum atomic E-state index is 0.633. The summed E-state index contributed by atoms with van der Waals surface area (Å²) in [6.45, 7) is 3.14. The largest absolute Gasteiger partial charge is 0.492 e. The molecule has 1 aromatic carbocycles. The molecule has 1 aliphatic rings. The van der Waals surface area contributed by atoms with Gasteiger partial charge in [0.25, 0.3) is 0 Å². The average Bonchev–Trinajstić information content (AvgIpc) is 2.47. The molecule has 0 N–H and O–H groups in total. The van der Waals surface area contributed by atoms with Gasteiger partial charge in [0.15, 0.2) is 0 Å². The summed E-state index contributed by atoms with van der Waals surface area (Å²) in [5, 5.41) is 2.28. The number of pyridine rings is 1. The zero-order valence-corrected chi connectivity index (χ0v) is 13.3. The molecule has 0 bridgehead atoms. The number of hydrogen-bond donors (Lipinski definition) is 0. The van der Waals surface area contributed by atoms with Crippen LogP contribution in [-0.2, 0) is 0 Å². The Morgan fingerprint density at radius 2 is 2.30 bits per heavy atom. The molecule has 0 amide bonds. The second-order valence-electron chi connectivity index (χ2n) is 5.56. The van der Waals surface area contributed by atoms with Crippen LogP contribution in [0.2, 0.25) is 0 Å². The van der Waals surface area contributed by atoms with Crippen molar-refractivity contribution in [3.8, 4) is 5.75 Å². The molecule has 0 aliphatic carbocycles. The zero-order valence-electron chi connectivity index (χ0n) is 11.7. The van der Waals surface area contributed by atoms with Crippen LogP contribution in [0.4, 0.5) is 0 Å². The number of fused-ring (bicyclic) bond motifs is 1. The number of ether oxygens (including phenoxy) is 1. The van der Waals surface area contributed by atoms with Crippen LogP contribution in [0.5, 0.6) is 5.75 Å². The van der Waals surface area contributed by atoms with Gasteiger partial charge in [0.1, 0.15) is 5.75 Å². The molecule has 2 heterocycles. The Balaban J connectivity index is 1.72. The van der Waals surface area contributed by atoms with Gasteiger partial charge in [-0.15, -0.1) is 0 Å². The summed E-state index contributed by atoms with van der Waals surface area (Å²) >= 11 is 3.66. The van der Waals surface area contributed by atoms with E-state index in [0.717, 1.165) is 34.1 Å². The van der Waals surface area contributed by atoms with Crippen molar-refractivity contribution < 1.29 is 4.74 Å². The summed E-state index contributed by atoms with van der Waals surface area (Å²) in [6, 6.07) is 6.11. The molecule has 1 aliphatic heterocycles. The predicted molar refractivity (Wildman–Crippen MR) is 85.2 cm³/mol. The Hall–Kier alpha value is -1.13. The molecule has 1 atom stereocenters. The topological polar surface area (TPSA) is 25.4 Å². The Morgan fingerprint density at radius 3 is 3.15 bits per heavy atom. The van der Waals surface area contributed by atoms with E-state index in [1.165, 1.54) is 19.4 Å². The highest BCUT2D eigenvalue weighted by Gasteiger charge is 2.18. The average molecular weight is 335 g/mol. The Labute approximate surface area is 128 Å². The highest BCUT2D eigenvalue weighted by molar-refractivity contribution is 9.10. The van der Waals surface area contributed by atoms with Crippen molar-refractivity contribution >= 4 is 26.7 Å². The normalized spacial score (nSPS) is 20.2. The van der Waals surface area contributed by atoms with Gasteiger partial charge in [0.05, 0.1) is 11.1 Å². The van der Waals surface area contributed by atoms with E-state index in [-0.39, 0.29) is 0 Å². The molecule has 20 heavy (non-hydrogen) atoms. The van der Waals surface area contributed by atoms with E-state index in [0.29, 0.717) is 5.92 Å². The molecule has 0 saturated carbocycles. The fourth-order valence-corrected chi connectivity index (χ4v) is 3.45. The number of likely N-dealkylation sites (tertiary alicyclic amines) is 1. The lowest BCUT2D eigenvalue weighted by molar-refractivity contribution is 0.150. The third kappa shape index (κ3) is 2.96. The molecule has 3 nitrogen and oxygen atoms in total. The van der Waals surface area contributed by atoms with E-state index in [1.54, 1.807) is 0 Å². The van der Waals surface area contributed by atoms with Crippen molar-refractivity contribution in [3.05, 3.63) is 35.1 Å². The summed E-state index contributed by atoms with van der Waals surface area (Å²) in [4.78, 5) is 6.53. The Bertz CT molecular complexity index is 602. The van der Waals surface area contributed by atoms with Gasteiger partial charge in [0.2, 0.25) is 0 Å². The maximum absolute atomic E-state index is 6.04. The maximum Gasteiger partial charge on any atom is 0.134 e. The summed E-state index contributed by atoms with van der Waals surface area (Å²) < 4.78 is 7.07. The molecule has 0 radical (unpaired) electrons. The molecule has 1 fully saturated rings. The first-order valence-corrected chi connectivity index (χ1v) is 7.87. The fourth-order valence-electron chi connectivity index (χ4n) is 2.84. The van der Waals surface area contributed by atoms with E-state index < -0.39 is 0 Å². The van der Waals surface area contributed by atoms with Crippen molar-refractivity contribution in [2.45, 2.75) is 12.8 Å². The highest BCUT2D eigenvalue weighted by Crippen LogP contribution is 2.33. The molecule has 1 unspecified atom stereocenters. The minimum Gasteiger partial charge on any atom is -0.492 e. The molecule has 3 rings (SSSR count). The predicted octanol–water partition coefficient (Wildman–Crippen LogP) is 3.72. The van der Waals surface area contributed by atoms with Crippen LogP contribution in [0.15, 0.2) is 35.1 Å². The van der Waals surface area contributed by atoms with Crippen LogP contribution >= 0.6 is 15.9 Å². The monoisotopic (exact) mass is 334 g/mol. The lowest BCUT2D eigenvalue weighted by Crippen LogP contribution is -2.34. The number of nitrogens with zero attached hydrogens (tertiary/aromatic N) is 2. The van der Waals surface area contributed by atoms with Gasteiger partial charge < -0.3 is 9.64 Å². The van der Waals surface area contributed by atoms with Crippen molar-refractivity contribution in [2.75, 3.05) is 26.7 Å². The summed E-state index contributed by atoms with van der Waals surface area (Å²) in [7, 11) is 2.19. The number of halogens is 1. The van der Waals surface area contributed by atoms with Crippen molar-refractivity contribution in [1.29, 1.82) is 0 Å². The Kier molecular flexibility index (Phi) is 4.22. The number of piperidine rings is 1. The first-order chi connectivity index (χ1) is 9.74. The Morgan fingerprint density at radius 1 is 1.40 bits per heavy atom. The molecule has 2 aromatic rings. The van der Waals surface area contributed by atoms with Crippen molar-refractivity contribution in [3.63, 3.8) is 0 Å². The second-order valence-corrected chi connectivity index (χ2v) is 6.35. The number of hydrogen-bond acceptors (Lipinski definition) is 3. The van der Waals surface area contributed by atoms with Gasteiger partial charge in [-0.1, -0.05) is 0 Å². The molecule has 4 heteroatoms. The van der Waals surface area contributed by atoms with Crippen LogP contribution in [0.25, 0.3) is 10.8 Å². The van der Waals surface area contributed by atoms with Crippen molar-refractivity contribution in [1.82, 2.24) is 9.88 Å². The second kappa shape index (κ2) is 6.10. The fraction of sp³-hybridized carbons (Fsp3) is 0.438. The SMILES string of the molecule is CN1CCCC(COc2ccc3cnccc3c2Br)C1. The van der Waals surface area contributed by atoms with Crippen LogP contribution in [-0.4, -0.2) is 36.6 Å². The van der Waals surface area contributed by atoms with Gasteiger partial charge in [-0.2, -0.15) is 0 Å². The minimum absolute atomic E-state index is 0.633. The van der Waals surface area contributed by atoms with Gasteiger partial charge in [-0.3, -0.25) is 4.98 Å². The van der Waals surface area contributed by atoms with E-state index in [4.69, 9.17) is 4.74 Å². The molecular formula is C16H19BrN2O. The standard InChI is InChI=1S/C16H19BrN2O/c1-19-8-2-3-12(10-19)11-20-15-5-4-13-9-18-7-6-14(13)16(15)17/h4-7,9,12H,2-3,8,10-11H2,1H3. The molecule has 1 saturated heterocycles. The van der Waals surface area contributed by atoms with Gasteiger partial charge >= 0.3 is 0 Å². The summed E-state index contributed by atoms with van der Waals surface area (Å²) in [5.74, 6) is 1.56. The number of aromatic nitrogens is 1. The zero-order chi connectivity index (χ0) is 13.9. The lowest BCUT2D eigenvalue weighted by Gasteiger charge is -2.29. The van der Waals surface area contributed by atoms with E-state index in [1.807, 2.05) is 24.5 Å². The van der Waals surface area contributed by atoms with Crippen LogP contribution in [0.3, 0.4) is 0 Å². The molecule has 0 spiro atoms. The molecule has 106 valence electrons. The quantitative estimate of drug-likeness (QED) is 0.855. The molecule has 1 aromatic heterocycles. The van der Waals surface area contributed by atoms with E-state index in [2.05, 4.69) is 38.9 Å². The van der Waals surface area contributed by atoms with Crippen LogP contribution < -0.4 is 4.74 Å². The van der Waals surface area contributed by atoms with Crippen LogP contribution in [0, 0.1) is 5.92 Å². The summed E-state index contributed by atoms with van der Waals surface area (Å²) in [5.41, 5.74) is 0. The molecular weight excluding hydrogens is 316 g/mol. The van der Waals surface area contributed by atoms with Crippen LogP contribution in [0.1, 0.15) is 12.8 Å². The third-order valence-corrected chi connectivity index (χ3v) is 4.73. The van der Waals surface area contributed by atoms with E-state index >= 15 is 0 Å². The first kappa shape index (κ1) is 13.8. The van der Waals surface area contributed by atoms with Crippen molar-refractivity contribution in [2.24, 2.45) is 5.92 Å². The van der Waals surface area contributed by atoms with Gasteiger partial charge in [0, 0.05) is 35.6 Å².